The predicted molar refractivity (Wildman–Crippen MR) is 109 cm³/mol. The van der Waals surface area contributed by atoms with E-state index in [-0.39, 0.29) is 5.91 Å². The molecule has 0 unspecified atom stereocenters. The highest BCUT2D eigenvalue weighted by Crippen LogP contribution is 2.24. The third-order valence-electron chi connectivity index (χ3n) is 4.27. The number of rotatable bonds is 6. The van der Waals surface area contributed by atoms with Gasteiger partial charge in [-0.3, -0.25) is 4.79 Å². The third kappa shape index (κ3) is 4.68. The number of carbonyl (C=O) groups excluding carboxylic acids is 1. The molecule has 0 radical (unpaired) electrons. The van der Waals surface area contributed by atoms with E-state index in [1.54, 1.807) is 18.2 Å². The molecule has 2 aromatic heterocycles. The Hall–Kier alpha value is -3.93. The van der Waals surface area contributed by atoms with Crippen LogP contribution in [0.15, 0.2) is 83.5 Å². The van der Waals surface area contributed by atoms with Crippen molar-refractivity contribution in [2.24, 2.45) is 0 Å². The maximum atomic E-state index is 12.3. The Morgan fingerprint density at radius 2 is 1.79 bits per heavy atom. The van der Waals surface area contributed by atoms with Crippen molar-refractivity contribution in [1.82, 2.24) is 15.3 Å². The van der Waals surface area contributed by atoms with Gasteiger partial charge in [0.25, 0.3) is 5.91 Å². The summed E-state index contributed by atoms with van der Waals surface area (Å²) in [6.45, 7) is 2.22. The van der Waals surface area contributed by atoms with Crippen molar-refractivity contribution in [2.75, 3.05) is 0 Å². The number of hydrogen-bond donors (Lipinski definition) is 1. The standard InChI is InChI=1S/C23H19N3O3/c1-16-7-12-20(28-16)14-24-23(27)18-10-8-17(9-11-18)21-13-22(26-15-25-21)29-19-5-3-2-4-6-19/h2-13,15H,14H2,1H3,(H,24,27). The molecule has 2 heterocycles. The first kappa shape index (κ1) is 18.4. The van der Waals surface area contributed by atoms with Crippen LogP contribution in [0.3, 0.4) is 0 Å². The molecule has 4 rings (SSSR count). The Bertz CT molecular complexity index is 1110. The number of aromatic nitrogens is 2. The van der Waals surface area contributed by atoms with Crippen LogP contribution in [-0.2, 0) is 6.54 Å². The molecule has 1 amide bonds. The van der Waals surface area contributed by atoms with Crippen LogP contribution in [0, 0.1) is 6.92 Å². The summed E-state index contributed by atoms with van der Waals surface area (Å²) < 4.78 is 11.2. The lowest BCUT2D eigenvalue weighted by Gasteiger charge is -2.07. The van der Waals surface area contributed by atoms with E-state index in [0.29, 0.717) is 29.4 Å². The van der Waals surface area contributed by atoms with E-state index in [2.05, 4.69) is 15.3 Å². The summed E-state index contributed by atoms with van der Waals surface area (Å²) in [5.41, 5.74) is 2.14. The van der Waals surface area contributed by atoms with Crippen LogP contribution in [0.5, 0.6) is 11.6 Å². The lowest BCUT2D eigenvalue weighted by atomic mass is 10.1. The van der Waals surface area contributed by atoms with Crippen LogP contribution in [-0.4, -0.2) is 15.9 Å². The fourth-order valence-corrected chi connectivity index (χ4v) is 2.80. The van der Waals surface area contributed by atoms with Gasteiger partial charge >= 0.3 is 0 Å². The summed E-state index contributed by atoms with van der Waals surface area (Å²) in [5, 5.41) is 2.85. The summed E-state index contributed by atoms with van der Waals surface area (Å²) in [4.78, 5) is 20.8. The summed E-state index contributed by atoms with van der Waals surface area (Å²) in [5.74, 6) is 2.53. The average molecular weight is 385 g/mol. The number of nitrogens with zero attached hydrogens (tertiary/aromatic N) is 2. The Kier molecular flexibility index (Phi) is 5.33. The van der Waals surface area contributed by atoms with Crippen molar-refractivity contribution < 1.29 is 13.9 Å². The molecule has 0 fully saturated rings. The van der Waals surface area contributed by atoms with Gasteiger partial charge in [0.1, 0.15) is 23.6 Å². The normalized spacial score (nSPS) is 10.5. The molecular formula is C23H19N3O3. The minimum atomic E-state index is -0.165. The second-order valence-corrected chi connectivity index (χ2v) is 6.43. The first-order valence-corrected chi connectivity index (χ1v) is 9.16. The van der Waals surface area contributed by atoms with Gasteiger partial charge in [-0.25, -0.2) is 9.97 Å². The van der Waals surface area contributed by atoms with Gasteiger partial charge in [-0.1, -0.05) is 30.3 Å². The Balaban J connectivity index is 1.43. The summed E-state index contributed by atoms with van der Waals surface area (Å²) in [7, 11) is 0. The van der Waals surface area contributed by atoms with Gasteiger partial charge in [0, 0.05) is 17.2 Å². The van der Waals surface area contributed by atoms with Gasteiger partial charge in [-0.15, -0.1) is 0 Å². The van der Waals surface area contributed by atoms with Crippen LogP contribution in [0.25, 0.3) is 11.3 Å². The van der Waals surface area contributed by atoms with Crippen molar-refractivity contribution in [3.8, 4) is 22.9 Å². The van der Waals surface area contributed by atoms with E-state index >= 15 is 0 Å². The molecule has 29 heavy (non-hydrogen) atoms. The highest BCUT2D eigenvalue weighted by atomic mass is 16.5. The minimum Gasteiger partial charge on any atom is -0.465 e. The van der Waals surface area contributed by atoms with Gasteiger partial charge < -0.3 is 14.5 Å². The van der Waals surface area contributed by atoms with Gasteiger partial charge in [0.15, 0.2) is 0 Å². The van der Waals surface area contributed by atoms with E-state index in [1.165, 1.54) is 6.33 Å². The number of para-hydroxylation sites is 1. The minimum absolute atomic E-state index is 0.165. The topological polar surface area (TPSA) is 77.2 Å². The molecule has 6 nitrogen and oxygen atoms in total. The van der Waals surface area contributed by atoms with Gasteiger partial charge in [0.05, 0.1) is 12.2 Å². The molecule has 1 N–H and O–H groups in total. The van der Waals surface area contributed by atoms with Gasteiger partial charge in [-0.05, 0) is 43.3 Å². The molecule has 0 spiro atoms. The quantitative estimate of drug-likeness (QED) is 0.517. The molecule has 0 saturated carbocycles. The molecule has 4 aromatic rings. The number of furan rings is 1. The van der Waals surface area contributed by atoms with Crippen molar-refractivity contribution in [3.05, 3.63) is 96.2 Å². The molecule has 144 valence electrons. The summed E-state index contributed by atoms with van der Waals surface area (Å²) >= 11 is 0. The fourth-order valence-electron chi connectivity index (χ4n) is 2.80. The largest absolute Gasteiger partial charge is 0.465 e. The van der Waals surface area contributed by atoms with E-state index in [0.717, 1.165) is 17.1 Å². The fraction of sp³-hybridized carbons (Fsp3) is 0.0870. The zero-order chi connectivity index (χ0) is 20.1. The lowest BCUT2D eigenvalue weighted by molar-refractivity contribution is 0.0948. The van der Waals surface area contributed by atoms with Crippen molar-refractivity contribution in [3.63, 3.8) is 0 Å². The Morgan fingerprint density at radius 3 is 2.52 bits per heavy atom. The number of nitrogens with one attached hydrogen (secondary N) is 1. The number of amides is 1. The summed E-state index contributed by atoms with van der Waals surface area (Å²) in [6.07, 6.45) is 1.46. The van der Waals surface area contributed by atoms with E-state index < -0.39 is 0 Å². The molecule has 0 atom stereocenters. The first-order chi connectivity index (χ1) is 14.2. The van der Waals surface area contributed by atoms with Gasteiger partial charge in [0.2, 0.25) is 5.88 Å². The Labute approximate surface area is 168 Å². The van der Waals surface area contributed by atoms with Crippen LogP contribution >= 0.6 is 0 Å². The highest BCUT2D eigenvalue weighted by Gasteiger charge is 2.09. The first-order valence-electron chi connectivity index (χ1n) is 9.16. The molecule has 6 heteroatoms. The Morgan fingerprint density at radius 1 is 1.00 bits per heavy atom. The van der Waals surface area contributed by atoms with E-state index in [4.69, 9.17) is 9.15 Å². The van der Waals surface area contributed by atoms with Crippen LogP contribution < -0.4 is 10.1 Å². The van der Waals surface area contributed by atoms with Crippen molar-refractivity contribution in [1.29, 1.82) is 0 Å². The van der Waals surface area contributed by atoms with Crippen molar-refractivity contribution >= 4 is 5.91 Å². The van der Waals surface area contributed by atoms with Crippen molar-refractivity contribution in [2.45, 2.75) is 13.5 Å². The third-order valence-corrected chi connectivity index (χ3v) is 4.27. The average Bonchev–Trinajstić information content (AvgIpc) is 3.18. The van der Waals surface area contributed by atoms with E-state index in [9.17, 15) is 4.79 Å². The molecule has 0 bridgehead atoms. The number of benzene rings is 2. The SMILES string of the molecule is Cc1ccc(CNC(=O)c2ccc(-c3cc(Oc4ccccc4)ncn3)cc2)o1. The molecular weight excluding hydrogens is 366 g/mol. The molecule has 0 aliphatic rings. The maximum absolute atomic E-state index is 12.3. The molecule has 0 aliphatic heterocycles. The molecule has 0 saturated heterocycles. The summed E-state index contributed by atoms with van der Waals surface area (Å²) in [6, 6.07) is 22.1. The number of carbonyl (C=O) groups is 1. The zero-order valence-electron chi connectivity index (χ0n) is 15.8. The van der Waals surface area contributed by atoms with E-state index in [1.807, 2.05) is 61.5 Å². The highest BCUT2D eigenvalue weighted by molar-refractivity contribution is 5.94. The molecule has 2 aromatic carbocycles. The number of aryl methyl sites for hydroxylation is 1. The smallest absolute Gasteiger partial charge is 0.251 e. The number of hydrogen-bond acceptors (Lipinski definition) is 5. The maximum Gasteiger partial charge on any atom is 0.251 e. The monoisotopic (exact) mass is 385 g/mol. The van der Waals surface area contributed by atoms with Crippen LogP contribution in [0.1, 0.15) is 21.9 Å². The lowest BCUT2D eigenvalue weighted by Crippen LogP contribution is -2.22. The van der Waals surface area contributed by atoms with Crippen LogP contribution in [0.2, 0.25) is 0 Å². The number of ether oxygens (including phenoxy) is 1. The van der Waals surface area contributed by atoms with Crippen LogP contribution in [0.4, 0.5) is 0 Å². The zero-order valence-corrected chi connectivity index (χ0v) is 15.8. The predicted octanol–water partition coefficient (Wildman–Crippen LogP) is 4.77. The molecule has 0 aliphatic carbocycles. The second-order valence-electron chi connectivity index (χ2n) is 6.43. The van der Waals surface area contributed by atoms with Gasteiger partial charge in [-0.2, -0.15) is 0 Å². The second kappa shape index (κ2) is 8.39.